The Morgan fingerprint density at radius 2 is 2.28 bits per heavy atom. The summed E-state index contributed by atoms with van der Waals surface area (Å²) in [4.78, 5) is 22.5. The molecule has 1 saturated heterocycles. The Morgan fingerprint density at radius 3 is 3.00 bits per heavy atom. The third-order valence-corrected chi connectivity index (χ3v) is 4.83. The van der Waals surface area contributed by atoms with Crippen molar-refractivity contribution in [3.05, 3.63) is 47.7 Å². The van der Waals surface area contributed by atoms with Gasteiger partial charge in [0.1, 0.15) is 5.75 Å². The number of carbonyl (C=O) groups excluding carboxylic acids is 1. The highest BCUT2D eigenvalue weighted by Crippen LogP contribution is 2.33. The fraction of sp³-hybridized carbons (Fsp3) is 0.350. The van der Waals surface area contributed by atoms with E-state index in [1.54, 1.807) is 38.7 Å². The molecule has 154 valence electrons. The van der Waals surface area contributed by atoms with Crippen molar-refractivity contribution in [2.24, 2.45) is 4.99 Å². The number of aliphatic imine (C=N–C) groups is 1. The van der Waals surface area contributed by atoms with E-state index in [0.29, 0.717) is 16.7 Å². The first-order valence-electron chi connectivity index (χ1n) is 9.34. The van der Waals surface area contributed by atoms with Crippen LogP contribution in [0, 0.1) is 0 Å². The number of anilines is 2. The van der Waals surface area contributed by atoms with E-state index in [2.05, 4.69) is 30.8 Å². The fourth-order valence-corrected chi connectivity index (χ4v) is 3.37. The number of hydrogen-bond acceptors (Lipinski definition) is 5. The zero-order chi connectivity index (χ0) is 20.6. The minimum Gasteiger partial charge on any atom is -0.495 e. The van der Waals surface area contributed by atoms with Crippen LogP contribution in [0.3, 0.4) is 0 Å². The lowest BCUT2D eigenvalue weighted by molar-refractivity contribution is -0.115. The van der Waals surface area contributed by atoms with E-state index in [-0.39, 0.29) is 18.5 Å². The van der Waals surface area contributed by atoms with Crippen molar-refractivity contribution in [1.29, 1.82) is 0 Å². The summed E-state index contributed by atoms with van der Waals surface area (Å²) < 4.78 is 5.46. The van der Waals surface area contributed by atoms with Gasteiger partial charge in [-0.3, -0.25) is 14.8 Å². The number of benzene rings is 1. The van der Waals surface area contributed by atoms with Gasteiger partial charge in [-0.05, 0) is 36.8 Å². The maximum Gasteiger partial charge on any atom is 0.243 e. The summed E-state index contributed by atoms with van der Waals surface area (Å²) in [6.45, 7) is 1.75. The number of halogens is 1. The number of guanidine groups is 1. The highest BCUT2D eigenvalue weighted by atomic mass is 35.5. The third kappa shape index (κ3) is 5.74. The van der Waals surface area contributed by atoms with Crippen LogP contribution in [0.1, 0.15) is 6.42 Å². The van der Waals surface area contributed by atoms with Gasteiger partial charge < -0.3 is 25.6 Å². The quantitative estimate of drug-likeness (QED) is 0.493. The van der Waals surface area contributed by atoms with Gasteiger partial charge >= 0.3 is 0 Å². The molecule has 1 aromatic carbocycles. The Balaban J connectivity index is 1.50. The summed E-state index contributed by atoms with van der Waals surface area (Å²) in [6.07, 6.45) is 4.18. The number of methoxy groups -OCH3 is 1. The van der Waals surface area contributed by atoms with Gasteiger partial charge in [0.25, 0.3) is 0 Å². The molecule has 1 amide bonds. The number of aromatic nitrogens is 1. The Labute approximate surface area is 175 Å². The van der Waals surface area contributed by atoms with E-state index in [4.69, 9.17) is 16.3 Å². The summed E-state index contributed by atoms with van der Waals surface area (Å²) in [5, 5.41) is 9.87. The average molecular weight is 417 g/mol. The molecule has 0 radical (unpaired) electrons. The average Bonchev–Trinajstić information content (AvgIpc) is 3.20. The van der Waals surface area contributed by atoms with Crippen LogP contribution in [0.5, 0.6) is 5.75 Å². The number of hydrogen-bond donors (Lipinski definition) is 3. The predicted molar refractivity (Wildman–Crippen MR) is 116 cm³/mol. The zero-order valence-corrected chi connectivity index (χ0v) is 17.2. The summed E-state index contributed by atoms with van der Waals surface area (Å²) >= 11 is 6.16. The topological polar surface area (TPSA) is 90.9 Å². The van der Waals surface area contributed by atoms with Crippen molar-refractivity contribution < 1.29 is 9.53 Å². The highest BCUT2D eigenvalue weighted by Gasteiger charge is 2.25. The highest BCUT2D eigenvalue weighted by molar-refractivity contribution is 6.30. The maximum absolute atomic E-state index is 12.1. The SMILES string of the molecule is CN=C(NCC(=O)Nc1cccnc1)NC1CCN(c2cc(Cl)ccc2OC)C1. The van der Waals surface area contributed by atoms with Gasteiger partial charge in [-0.1, -0.05) is 11.6 Å². The molecule has 2 heterocycles. The van der Waals surface area contributed by atoms with E-state index in [0.717, 1.165) is 30.9 Å². The first-order chi connectivity index (χ1) is 14.1. The van der Waals surface area contributed by atoms with Crippen LogP contribution in [0.15, 0.2) is 47.7 Å². The molecule has 1 aromatic heterocycles. The lowest BCUT2D eigenvalue weighted by Gasteiger charge is -2.22. The monoisotopic (exact) mass is 416 g/mol. The van der Waals surface area contributed by atoms with Gasteiger partial charge in [-0.25, -0.2) is 0 Å². The first-order valence-corrected chi connectivity index (χ1v) is 9.72. The smallest absolute Gasteiger partial charge is 0.243 e. The van der Waals surface area contributed by atoms with Crippen molar-refractivity contribution in [2.75, 3.05) is 44.0 Å². The molecule has 3 N–H and O–H groups in total. The Hall–Kier alpha value is -3.00. The summed E-state index contributed by atoms with van der Waals surface area (Å²) in [5.74, 6) is 1.21. The van der Waals surface area contributed by atoms with E-state index in [9.17, 15) is 4.79 Å². The number of pyridine rings is 1. The third-order valence-electron chi connectivity index (χ3n) is 4.60. The number of nitrogens with zero attached hydrogens (tertiary/aromatic N) is 3. The largest absolute Gasteiger partial charge is 0.495 e. The van der Waals surface area contributed by atoms with E-state index < -0.39 is 0 Å². The first kappa shape index (κ1) is 20.7. The molecule has 1 fully saturated rings. The van der Waals surface area contributed by atoms with Gasteiger partial charge in [0.2, 0.25) is 5.91 Å². The van der Waals surface area contributed by atoms with Crippen LogP contribution in [0.25, 0.3) is 0 Å². The molecule has 0 bridgehead atoms. The maximum atomic E-state index is 12.1. The lowest BCUT2D eigenvalue weighted by Crippen LogP contribution is -2.46. The number of amides is 1. The Kier molecular flexibility index (Phi) is 7.13. The summed E-state index contributed by atoms with van der Waals surface area (Å²) in [6, 6.07) is 9.35. The minimum absolute atomic E-state index is 0.104. The molecule has 8 nitrogen and oxygen atoms in total. The fourth-order valence-electron chi connectivity index (χ4n) is 3.20. The number of carbonyl (C=O) groups is 1. The molecular weight excluding hydrogens is 392 g/mol. The van der Waals surface area contributed by atoms with Gasteiger partial charge in [-0.15, -0.1) is 0 Å². The molecule has 0 aliphatic carbocycles. The number of rotatable bonds is 6. The van der Waals surface area contributed by atoms with Gasteiger partial charge in [0, 0.05) is 37.4 Å². The molecular formula is C20H25ClN6O2. The van der Waals surface area contributed by atoms with Crippen LogP contribution in [0.2, 0.25) is 5.02 Å². The molecule has 29 heavy (non-hydrogen) atoms. The predicted octanol–water partition coefficient (Wildman–Crippen LogP) is 2.13. The molecule has 2 aromatic rings. The molecule has 0 saturated carbocycles. The van der Waals surface area contributed by atoms with Crippen molar-refractivity contribution in [2.45, 2.75) is 12.5 Å². The summed E-state index contributed by atoms with van der Waals surface area (Å²) in [7, 11) is 3.34. The van der Waals surface area contributed by atoms with Crippen LogP contribution in [-0.2, 0) is 4.79 Å². The van der Waals surface area contributed by atoms with Crippen molar-refractivity contribution in [3.63, 3.8) is 0 Å². The van der Waals surface area contributed by atoms with Crippen LogP contribution >= 0.6 is 11.6 Å². The second-order valence-corrected chi connectivity index (χ2v) is 7.04. The second-order valence-electron chi connectivity index (χ2n) is 6.61. The van der Waals surface area contributed by atoms with Crippen LogP contribution in [0.4, 0.5) is 11.4 Å². The van der Waals surface area contributed by atoms with E-state index >= 15 is 0 Å². The van der Waals surface area contributed by atoms with Crippen LogP contribution < -0.4 is 25.6 Å². The van der Waals surface area contributed by atoms with Crippen molar-refractivity contribution in [1.82, 2.24) is 15.6 Å². The van der Waals surface area contributed by atoms with Gasteiger partial charge in [-0.2, -0.15) is 0 Å². The molecule has 3 rings (SSSR count). The van der Waals surface area contributed by atoms with Crippen molar-refractivity contribution in [3.8, 4) is 5.75 Å². The second kappa shape index (κ2) is 9.97. The lowest BCUT2D eigenvalue weighted by atomic mass is 10.2. The van der Waals surface area contributed by atoms with Crippen LogP contribution in [-0.4, -0.2) is 56.7 Å². The molecule has 1 aliphatic rings. The molecule has 1 unspecified atom stereocenters. The normalized spacial score (nSPS) is 16.4. The number of ether oxygens (including phenoxy) is 1. The van der Waals surface area contributed by atoms with E-state index in [1.165, 1.54) is 0 Å². The van der Waals surface area contributed by atoms with Crippen molar-refractivity contribution >= 4 is 34.8 Å². The molecule has 1 aliphatic heterocycles. The molecule has 0 spiro atoms. The Bertz CT molecular complexity index is 861. The number of nitrogens with one attached hydrogen (secondary N) is 3. The minimum atomic E-state index is -0.169. The van der Waals surface area contributed by atoms with Gasteiger partial charge in [0.15, 0.2) is 5.96 Å². The Morgan fingerprint density at radius 1 is 1.41 bits per heavy atom. The summed E-state index contributed by atoms with van der Waals surface area (Å²) in [5.41, 5.74) is 1.63. The van der Waals surface area contributed by atoms with E-state index in [1.807, 2.05) is 18.2 Å². The zero-order valence-electron chi connectivity index (χ0n) is 16.5. The van der Waals surface area contributed by atoms with Gasteiger partial charge in [0.05, 0.1) is 31.2 Å². The molecule has 1 atom stereocenters. The standard InChI is InChI=1S/C20H25ClN6O2/c1-22-20(24-12-19(28)25-15-4-3-8-23-11-15)26-16-7-9-27(13-16)17-10-14(21)5-6-18(17)29-2/h3-6,8,10-11,16H,7,9,12-13H2,1-2H3,(H,25,28)(H2,22,24,26). The molecule has 9 heteroatoms.